The monoisotopic (exact) mass is 288 g/mol. The topological polar surface area (TPSA) is 61.2 Å². The number of ketones is 1. The molecule has 0 spiro atoms. The molecule has 1 heterocycles. The summed E-state index contributed by atoms with van der Waals surface area (Å²) in [5, 5.41) is 8.71. The van der Waals surface area contributed by atoms with Crippen LogP contribution in [0.25, 0.3) is 0 Å². The second-order valence-electron chi connectivity index (χ2n) is 4.72. The normalized spacial score (nSPS) is 14.9. The van der Waals surface area contributed by atoms with E-state index < -0.39 is 0 Å². The molecule has 5 heteroatoms. The summed E-state index contributed by atoms with van der Waals surface area (Å²) in [5.41, 5.74) is 1.75. The largest absolute Gasteiger partial charge is 0.341 e. The smallest absolute Gasteiger partial charge is 0.232 e. The molecule has 1 fully saturated rings. The third-order valence-corrected chi connectivity index (χ3v) is 4.24. The molecule has 0 radical (unpaired) electrons. The average molecular weight is 288 g/mol. The fraction of sp³-hybridized carbons (Fsp3) is 0.400. The van der Waals surface area contributed by atoms with Crippen molar-refractivity contribution in [2.45, 2.75) is 18.6 Å². The lowest BCUT2D eigenvalue weighted by Gasteiger charge is -2.25. The van der Waals surface area contributed by atoms with Crippen molar-refractivity contribution in [3.8, 4) is 6.07 Å². The van der Waals surface area contributed by atoms with E-state index in [0.29, 0.717) is 37.2 Å². The molecule has 0 N–H and O–H groups in total. The molecule has 1 aromatic rings. The molecule has 1 aliphatic rings. The molecule has 4 nitrogen and oxygen atoms in total. The SMILES string of the molecule is N#Cc1ccc(CSCC(=O)N2CCC(=O)CC2)cc1. The van der Waals surface area contributed by atoms with Crippen LogP contribution in [0.1, 0.15) is 24.0 Å². The van der Waals surface area contributed by atoms with Crippen LogP contribution in [0, 0.1) is 11.3 Å². The summed E-state index contributed by atoms with van der Waals surface area (Å²) in [5.74, 6) is 1.55. The van der Waals surface area contributed by atoms with Crippen molar-refractivity contribution in [3.63, 3.8) is 0 Å². The number of carbonyl (C=O) groups is 2. The van der Waals surface area contributed by atoms with Crippen molar-refractivity contribution in [3.05, 3.63) is 35.4 Å². The van der Waals surface area contributed by atoms with Crippen molar-refractivity contribution in [2.75, 3.05) is 18.8 Å². The number of amides is 1. The molecule has 0 aliphatic carbocycles. The highest BCUT2D eigenvalue weighted by Crippen LogP contribution is 2.15. The number of benzene rings is 1. The maximum absolute atomic E-state index is 11.9. The summed E-state index contributed by atoms with van der Waals surface area (Å²) >= 11 is 1.56. The molecule has 0 bridgehead atoms. The van der Waals surface area contributed by atoms with E-state index >= 15 is 0 Å². The second kappa shape index (κ2) is 7.11. The molecule has 1 amide bonds. The Labute approximate surface area is 122 Å². The lowest BCUT2D eigenvalue weighted by Crippen LogP contribution is -2.39. The summed E-state index contributed by atoms with van der Waals surface area (Å²) in [6.45, 7) is 1.13. The number of Topliss-reactive ketones (excluding diaryl/α,β-unsaturated/α-hetero) is 1. The number of carbonyl (C=O) groups excluding carboxylic acids is 2. The molecule has 1 aromatic carbocycles. The Morgan fingerprint density at radius 1 is 1.25 bits per heavy atom. The highest BCUT2D eigenvalue weighted by atomic mass is 32.2. The van der Waals surface area contributed by atoms with Gasteiger partial charge in [0.05, 0.1) is 17.4 Å². The Balaban J connectivity index is 1.73. The van der Waals surface area contributed by atoms with E-state index in [-0.39, 0.29) is 11.7 Å². The summed E-state index contributed by atoms with van der Waals surface area (Å²) in [6.07, 6.45) is 0.984. The van der Waals surface area contributed by atoms with Crippen molar-refractivity contribution in [2.24, 2.45) is 0 Å². The number of thioether (sulfide) groups is 1. The van der Waals surface area contributed by atoms with Crippen molar-refractivity contribution >= 4 is 23.5 Å². The number of hydrogen-bond donors (Lipinski definition) is 0. The zero-order valence-corrected chi connectivity index (χ0v) is 12.0. The van der Waals surface area contributed by atoms with Crippen molar-refractivity contribution in [1.82, 2.24) is 4.90 Å². The maximum atomic E-state index is 11.9. The van der Waals surface area contributed by atoms with E-state index in [1.807, 2.05) is 12.1 Å². The van der Waals surface area contributed by atoms with Crippen LogP contribution in [-0.2, 0) is 15.3 Å². The van der Waals surface area contributed by atoms with Crippen LogP contribution >= 0.6 is 11.8 Å². The highest BCUT2D eigenvalue weighted by molar-refractivity contribution is 7.99. The zero-order chi connectivity index (χ0) is 14.4. The summed E-state index contributed by atoms with van der Waals surface area (Å²) in [4.78, 5) is 24.8. The van der Waals surface area contributed by atoms with Gasteiger partial charge in [0.15, 0.2) is 0 Å². The van der Waals surface area contributed by atoms with E-state index in [1.54, 1.807) is 28.8 Å². The quantitative estimate of drug-likeness (QED) is 0.850. The fourth-order valence-corrected chi connectivity index (χ4v) is 2.92. The van der Waals surface area contributed by atoms with Gasteiger partial charge in [-0.3, -0.25) is 9.59 Å². The minimum atomic E-state index is 0.108. The number of rotatable bonds is 4. The minimum Gasteiger partial charge on any atom is -0.341 e. The summed E-state index contributed by atoms with van der Waals surface area (Å²) < 4.78 is 0. The van der Waals surface area contributed by atoms with Gasteiger partial charge >= 0.3 is 0 Å². The summed E-state index contributed by atoms with van der Waals surface area (Å²) in [6, 6.07) is 9.48. The molecular weight excluding hydrogens is 272 g/mol. The number of hydrogen-bond acceptors (Lipinski definition) is 4. The molecule has 0 unspecified atom stereocenters. The average Bonchev–Trinajstić information content (AvgIpc) is 2.48. The van der Waals surface area contributed by atoms with Crippen LogP contribution in [0.2, 0.25) is 0 Å². The van der Waals surface area contributed by atoms with Gasteiger partial charge < -0.3 is 4.90 Å². The third-order valence-electron chi connectivity index (χ3n) is 3.25. The van der Waals surface area contributed by atoms with Crippen molar-refractivity contribution < 1.29 is 9.59 Å². The van der Waals surface area contributed by atoms with E-state index in [2.05, 4.69) is 6.07 Å². The molecule has 0 atom stereocenters. The predicted molar refractivity (Wildman–Crippen MR) is 78.1 cm³/mol. The van der Waals surface area contributed by atoms with E-state index in [4.69, 9.17) is 5.26 Å². The van der Waals surface area contributed by atoms with Gasteiger partial charge in [-0.2, -0.15) is 5.26 Å². The lowest BCUT2D eigenvalue weighted by atomic mass is 10.1. The van der Waals surface area contributed by atoms with Gasteiger partial charge in [-0.1, -0.05) is 12.1 Å². The van der Waals surface area contributed by atoms with Gasteiger partial charge in [0.2, 0.25) is 5.91 Å². The van der Waals surface area contributed by atoms with Gasteiger partial charge in [0.25, 0.3) is 0 Å². The number of nitrogens with zero attached hydrogens (tertiary/aromatic N) is 2. The molecule has 20 heavy (non-hydrogen) atoms. The number of likely N-dealkylation sites (tertiary alicyclic amines) is 1. The molecular formula is C15H16N2O2S. The molecule has 0 saturated carbocycles. The first-order valence-corrected chi connectivity index (χ1v) is 7.71. The highest BCUT2D eigenvalue weighted by Gasteiger charge is 2.20. The molecule has 1 aliphatic heterocycles. The van der Waals surface area contributed by atoms with Gasteiger partial charge in [0.1, 0.15) is 5.78 Å². The van der Waals surface area contributed by atoms with Crippen LogP contribution in [0.5, 0.6) is 0 Å². The Hall–Kier alpha value is -1.80. The predicted octanol–water partition coefficient (Wildman–Crippen LogP) is 1.98. The van der Waals surface area contributed by atoms with Gasteiger partial charge in [-0.25, -0.2) is 0 Å². The second-order valence-corrected chi connectivity index (χ2v) is 5.71. The molecule has 104 valence electrons. The van der Waals surface area contributed by atoms with Crippen LogP contribution in [0.3, 0.4) is 0 Å². The Kier molecular flexibility index (Phi) is 5.19. The first-order chi connectivity index (χ1) is 9.69. The van der Waals surface area contributed by atoms with Crippen LogP contribution in [0.4, 0.5) is 0 Å². The molecule has 2 rings (SSSR count). The Morgan fingerprint density at radius 3 is 2.50 bits per heavy atom. The van der Waals surface area contributed by atoms with Gasteiger partial charge in [0, 0.05) is 31.7 Å². The van der Waals surface area contributed by atoms with Crippen LogP contribution in [0.15, 0.2) is 24.3 Å². The number of nitriles is 1. The zero-order valence-electron chi connectivity index (χ0n) is 11.2. The first kappa shape index (κ1) is 14.6. The van der Waals surface area contributed by atoms with Crippen LogP contribution < -0.4 is 0 Å². The third kappa shape index (κ3) is 4.10. The lowest BCUT2D eigenvalue weighted by molar-refractivity contribution is -0.132. The van der Waals surface area contributed by atoms with Crippen molar-refractivity contribution in [1.29, 1.82) is 5.26 Å². The van der Waals surface area contributed by atoms with E-state index in [1.165, 1.54) is 0 Å². The van der Waals surface area contributed by atoms with E-state index in [0.717, 1.165) is 11.3 Å². The van der Waals surface area contributed by atoms with Crippen LogP contribution in [-0.4, -0.2) is 35.4 Å². The van der Waals surface area contributed by atoms with Gasteiger partial charge in [-0.05, 0) is 17.7 Å². The fourth-order valence-electron chi connectivity index (χ4n) is 2.03. The first-order valence-electron chi connectivity index (χ1n) is 6.55. The molecule has 1 saturated heterocycles. The maximum Gasteiger partial charge on any atom is 0.232 e. The van der Waals surface area contributed by atoms with Gasteiger partial charge in [-0.15, -0.1) is 11.8 Å². The van der Waals surface area contributed by atoms with E-state index in [9.17, 15) is 9.59 Å². The Bertz CT molecular complexity index is 524. The standard InChI is InChI=1S/C15H16N2O2S/c16-9-12-1-3-13(4-2-12)10-20-11-15(19)17-7-5-14(18)6-8-17/h1-4H,5-8,10-11H2. The minimum absolute atomic E-state index is 0.108. The Morgan fingerprint density at radius 2 is 1.90 bits per heavy atom. The number of piperidine rings is 1. The summed E-state index contributed by atoms with van der Waals surface area (Å²) in [7, 11) is 0. The molecule has 0 aromatic heterocycles.